The third-order valence-electron chi connectivity index (χ3n) is 4.76. The zero-order valence-electron chi connectivity index (χ0n) is 16.6. The number of rotatable bonds is 3. The lowest BCUT2D eigenvalue weighted by Crippen LogP contribution is -2.07. The SMILES string of the molecule is Fc1ccc2c(c1)OC/C=C\COCc1nc(OCc3ccccc3)c3cnn-2c3n1. The molecule has 1 aliphatic rings. The molecule has 7 nitrogen and oxygen atoms in total. The minimum Gasteiger partial charge on any atom is -0.487 e. The smallest absolute Gasteiger partial charge is 0.228 e. The number of ether oxygens (including phenoxy) is 3. The summed E-state index contributed by atoms with van der Waals surface area (Å²) in [6.07, 6.45) is 5.29. The van der Waals surface area contributed by atoms with Crippen LogP contribution < -0.4 is 9.47 Å². The van der Waals surface area contributed by atoms with Gasteiger partial charge in [-0.25, -0.2) is 14.1 Å². The van der Waals surface area contributed by atoms with Gasteiger partial charge in [-0.05, 0) is 23.8 Å². The molecule has 0 radical (unpaired) electrons. The lowest BCUT2D eigenvalue weighted by atomic mass is 10.2. The Morgan fingerprint density at radius 2 is 1.90 bits per heavy atom. The third-order valence-corrected chi connectivity index (χ3v) is 4.76. The van der Waals surface area contributed by atoms with Crippen LogP contribution in [0.1, 0.15) is 11.4 Å². The predicted octanol–water partition coefficient (Wildman–Crippen LogP) is 4.00. The zero-order chi connectivity index (χ0) is 21.0. The molecule has 2 aromatic heterocycles. The topological polar surface area (TPSA) is 71.3 Å². The largest absolute Gasteiger partial charge is 0.487 e. The lowest BCUT2D eigenvalue weighted by Gasteiger charge is -2.12. The number of hydrogen-bond acceptors (Lipinski definition) is 6. The van der Waals surface area contributed by atoms with E-state index in [2.05, 4.69) is 15.1 Å². The number of fused-ring (bicyclic) bond motifs is 3. The molecular formula is C23H19FN4O3. The molecule has 156 valence electrons. The van der Waals surface area contributed by atoms with Crippen LogP contribution in [-0.4, -0.2) is 33.0 Å². The Morgan fingerprint density at radius 3 is 2.81 bits per heavy atom. The van der Waals surface area contributed by atoms with Crippen molar-refractivity contribution in [2.75, 3.05) is 13.2 Å². The molecule has 31 heavy (non-hydrogen) atoms. The van der Waals surface area contributed by atoms with Gasteiger partial charge in [-0.15, -0.1) is 0 Å². The second-order valence-corrected chi connectivity index (χ2v) is 6.92. The van der Waals surface area contributed by atoms with Crippen LogP contribution in [0.15, 0.2) is 66.9 Å². The van der Waals surface area contributed by atoms with Crippen molar-refractivity contribution >= 4 is 11.0 Å². The van der Waals surface area contributed by atoms with Gasteiger partial charge < -0.3 is 14.2 Å². The van der Waals surface area contributed by atoms with E-state index in [0.717, 1.165) is 5.56 Å². The average Bonchev–Trinajstić information content (AvgIpc) is 3.21. The molecule has 0 amide bonds. The minimum atomic E-state index is -0.394. The molecule has 1 aliphatic heterocycles. The molecule has 0 spiro atoms. The van der Waals surface area contributed by atoms with Crippen molar-refractivity contribution in [2.45, 2.75) is 13.2 Å². The van der Waals surface area contributed by atoms with Crippen LogP contribution in [0.4, 0.5) is 4.39 Å². The van der Waals surface area contributed by atoms with E-state index in [1.807, 2.05) is 42.5 Å². The van der Waals surface area contributed by atoms with Crippen molar-refractivity contribution in [3.63, 3.8) is 0 Å². The van der Waals surface area contributed by atoms with E-state index in [4.69, 9.17) is 14.2 Å². The fraction of sp³-hybridized carbons (Fsp3) is 0.174. The standard InChI is InChI=1S/C23H19FN4O3/c24-17-8-9-19-20(12-17)30-11-5-4-10-29-15-21-26-22-18(13-25-28(19)22)23(27-21)31-14-16-6-2-1-3-7-16/h1-9,12-13H,10-11,14-15H2/b5-4-. The number of hydrogen-bond donors (Lipinski definition) is 0. The van der Waals surface area contributed by atoms with Gasteiger partial charge in [0.2, 0.25) is 5.88 Å². The highest BCUT2D eigenvalue weighted by Gasteiger charge is 2.18. The Labute approximate surface area is 177 Å². The maximum absolute atomic E-state index is 13.9. The molecule has 0 N–H and O–H groups in total. The molecule has 0 saturated heterocycles. The van der Waals surface area contributed by atoms with Gasteiger partial charge in [0.05, 0.1) is 12.8 Å². The molecule has 2 aromatic carbocycles. The quantitative estimate of drug-likeness (QED) is 0.469. The summed E-state index contributed by atoms with van der Waals surface area (Å²) in [5.41, 5.74) is 2.12. The van der Waals surface area contributed by atoms with E-state index in [1.54, 1.807) is 16.9 Å². The Hall–Kier alpha value is -3.78. The van der Waals surface area contributed by atoms with E-state index in [9.17, 15) is 4.39 Å². The van der Waals surface area contributed by atoms with Crippen LogP contribution in [0, 0.1) is 5.82 Å². The molecular weight excluding hydrogens is 399 g/mol. The molecule has 4 aromatic rings. The summed E-state index contributed by atoms with van der Waals surface area (Å²) in [6, 6.07) is 14.1. The summed E-state index contributed by atoms with van der Waals surface area (Å²) in [5, 5.41) is 5.11. The minimum absolute atomic E-state index is 0.213. The zero-order valence-corrected chi connectivity index (χ0v) is 16.6. The Kier molecular flexibility index (Phi) is 5.28. The van der Waals surface area contributed by atoms with Crippen LogP contribution in [0.2, 0.25) is 0 Å². The van der Waals surface area contributed by atoms with Crippen LogP contribution >= 0.6 is 0 Å². The highest BCUT2D eigenvalue weighted by Crippen LogP contribution is 2.30. The first-order valence-corrected chi connectivity index (χ1v) is 9.85. The predicted molar refractivity (Wildman–Crippen MR) is 112 cm³/mol. The van der Waals surface area contributed by atoms with Gasteiger partial charge in [0.15, 0.2) is 11.5 Å². The van der Waals surface area contributed by atoms with E-state index >= 15 is 0 Å². The van der Waals surface area contributed by atoms with Crippen molar-refractivity contribution in [3.8, 4) is 17.3 Å². The maximum Gasteiger partial charge on any atom is 0.228 e. The fourth-order valence-corrected chi connectivity index (χ4v) is 3.27. The van der Waals surface area contributed by atoms with E-state index in [0.29, 0.717) is 47.4 Å². The van der Waals surface area contributed by atoms with Crippen molar-refractivity contribution in [2.24, 2.45) is 0 Å². The highest BCUT2D eigenvalue weighted by molar-refractivity contribution is 5.82. The maximum atomic E-state index is 13.9. The second kappa shape index (κ2) is 8.53. The van der Waals surface area contributed by atoms with Crippen molar-refractivity contribution in [1.29, 1.82) is 0 Å². The molecule has 8 heteroatoms. The fourth-order valence-electron chi connectivity index (χ4n) is 3.27. The second-order valence-electron chi connectivity index (χ2n) is 6.92. The third kappa shape index (κ3) is 4.10. The van der Waals surface area contributed by atoms with Crippen molar-refractivity contribution in [1.82, 2.24) is 19.7 Å². The number of aromatic nitrogens is 4. The molecule has 0 saturated carbocycles. The van der Waals surface area contributed by atoms with Gasteiger partial charge in [-0.1, -0.05) is 36.4 Å². The first-order valence-electron chi connectivity index (χ1n) is 9.85. The van der Waals surface area contributed by atoms with Crippen molar-refractivity contribution < 1.29 is 18.6 Å². The van der Waals surface area contributed by atoms with E-state index < -0.39 is 5.82 Å². The monoisotopic (exact) mass is 418 g/mol. The molecule has 5 rings (SSSR count). The number of halogens is 1. The molecule has 0 atom stereocenters. The number of nitrogens with zero attached hydrogens (tertiary/aromatic N) is 4. The Bertz CT molecular complexity index is 1240. The van der Waals surface area contributed by atoms with Gasteiger partial charge in [0.25, 0.3) is 0 Å². The normalized spacial score (nSPS) is 14.7. The van der Waals surface area contributed by atoms with Gasteiger partial charge in [-0.2, -0.15) is 10.1 Å². The Balaban J connectivity index is 1.61. The molecule has 0 unspecified atom stereocenters. The molecule has 0 fully saturated rings. The summed E-state index contributed by atoms with van der Waals surface area (Å²) >= 11 is 0. The summed E-state index contributed by atoms with van der Waals surface area (Å²) < 4.78 is 32.9. The molecule has 0 aliphatic carbocycles. The van der Waals surface area contributed by atoms with Gasteiger partial charge >= 0.3 is 0 Å². The number of benzene rings is 2. The van der Waals surface area contributed by atoms with Gasteiger partial charge in [-0.3, -0.25) is 0 Å². The summed E-state index contributed by atoms with van der Waals surface area (Å²) in [5.74, 6) is 0.846. The highest BCUT2D eigenvalue weighted by atomic mass is 19.1. The average molecular weight is 418 g/mol. The van der Waals surface area contributed by atoms with Crippen LogP contribution in [0.25, 0.3) is 16.7 Å². The molecule has 2 bridgehead atoms. The van der Waals surface area contributed by atoms with Gasteiger partial charge in [0.1, 0.15) is 42.5 Å². The lowest BCUT2D eigenvalue weighted by molar-refractivity contribution is 0.141. The molecule has 3 heterocycles. The van der Waals surface area contributed by atoms with Gasteiger partial charge in [0, 0.05) is 6.07 Å². The van der Waals surface area contributed by atoms with E-state index in [1.165, 1.54) is 12.1 Å². The summed E-state index contributed by atoms with van der Waals surface area (Å²) in [6.45, 7) is 1.22. The first kappa shape index (κ1) is 19.2. The Morgan fingerprint density at radius 1 is 1.03 bits per heavy atom. The van der Waals surface area contributed by atoms with E-state index in [-0.39, 0.29) is 13.2 Å². The van der Waals surface area contributed by atoms with Crippen molar-refractivity contribution in [3.05, 3.63) is 84.1 Å². The summed E-state index contributed by atoms with van der Waals surface area (Å²) in [7, 11) is 0. The van der Waals surface area contributed by atoms with Crippen LogP contribution in [-0.2, 0) is 18.0 Å². The first-order chi connectivity index (χ1) is 15.3. The summed E-state index contributed by atoms with van der Waals surface area (Å²) in [4.78, 5) is 9.17. The van der Waals surface area contributed by atoms with Crippen LogP contribution in [0.3, 0.4) is 0 Å². The van der Waals surface area contributed by atoms with Crippen LogP contribution in [0.5, 0.6) is 11.6 Å².